The van der Waals surface area contributed by atoms with Crippen molar-refractivity contribution in [2.24, 2.45) is 0 Å². The molecule has 1 aromatic heterocycles. The highest BCUT2D eigenvalue weighted by Crippen LogP contribution is 2.23. The van der Waals surface area contributed by atoms with Crippen LogP contribution in [0, 0.1) is 0 Å². The number of hydrogen-bond acceptors (Lipinski definition) is 4. The van der Waals surface area contributed by atoms with Gasteiger partial charge in [-0.15, -0.1) is 11.3 Å². The zero-order chi connectivity index (χ0) is 10.9. The maximum Gasteiger partial charge on any atom is 0.241 e. The van der Waals surface area contributed by atoms with E-state index in [-0.39, 0.29) is 17.5 Å². The van der Waals surface area contributed by atoms with E-state index in [2.05, 4.69) is 4.72 Å². The largest absolute Gasteiger partial charge is 0.391 e. The molecule has 84 valence electrons. The number of thiophene rings is 1. The van der Waals surface area contributed by atoms with Gasteiger partial charge in [0.1, 0.15) is 0 Å². The van der Waals surface area contributed by atoms with E-state index in [1.165, 1.54) is 17.4 Å². The van der Waals surface area contributed by atoms with E-state index in [1.54, 1.807) is 5.38 Å². The van der Waals surface area contributed by atoms with E-state index in [0.717, 1.165) is 19.3 Å². The number of rotatable bonds is 4. The van der Waals surface area contributed by atoms with Crippen LogP contribution in [0.2, 0.25) is 0 Å². The summed E-state index contributed by atoms with van der Waals surface area (Å²) in [5, 5.41) is 10.4. The monoisotopic (exact) mass is 247 g/mol. The number of aliphatic hydroxyl groups excluding tert-OH is 1. The molecule has 0 amide bonds. The molecule has 0 aliphatic heterocycles. The predicted octanol–water partition coefficient (Wildman–Crippen LogP) is 1.07. The molecule has 1 saturated carbocycles. The molecule has 1 aliphatic rings. The van der Waals surface area contributed by atoms with Crippen LogP contribution in [0.25, 0.3) is 0 Å². The molecule has 6 heteroatoms. The van der Waals surface area contributed by atoms with E-state index in [0.29, 0.717) is 4.88 Å². The first kappa shape index (κ1) is 11.1. The fourth-order valence-corrected chi connectivity index (χ4v) is 3.84. The first-order chi connectivity index (χ1) is 7.12. The fourth-order valence-electron chi connectivity index (χ4n) is 1.40. The fraction of sp³-hybridized carbons (Fsp3) is 0.556. The molecule has 0 bridgehead atoms. The van der Waals surface area contributed by atoms with Crippen LogP contribution < -0.4 is 4.72 Å². The van der Waals surface area contributed by atoms with Gasteiger partial charge in [-0.25, -0.2) is 13.1 Å². The van der Waals surface area contributed by atoms with Crippen LogP contribution in [-0.4, -0.2) is 19.6 Å². The van der Waals surface area contributed by atoms with Crippen LogP contribution in [-0.2, 0) is 16.6 Å². The highest BCUT2D eigenvalue weighted by Gasteiger charge is 2.25. The smallest absolute Gasteiger partial charge is 0.241 e. The van der Waals surface area contributed by atoms with E-state index in [1.807, 2.05) is 0 Å². The summed E-state index contributed by atoms with van der Waals surface area (Å²) in [5.41, 5.74) is 0. The number of nitrogens with one attached hydrogen (secondary N) is 1. The Balaban J connectivity index is 2.13. The highest BCUT2D eigenvalue weighted by atomic mass is 32.2. The van der Waals surface area contributed by atoms with Gasteiger partial charge in [-0.1, -0.05) is 6.42 Å². The lowest BCUT2D eigenvalue weighted by molar-refractivity contribution is 0.285. The minimum absolute atomic E-state index is 0.104. The lowest BCUT2D eigenvalue weighted by Crippen LogP contribution is -2.39. The van der Waals surface area contributed by atoms with Gasteiger partial charge in [0.25, 0.3) is 0 Å². The van der Waals surface area contributed by atoms with E-state index < -0.39 is 10.0 Å². The van der Waals surface area contributed by atoms with Gasteiger partial charge in [0.05, 0.1) is 11.5 Å². The van der Waals surface area contributed by atoms with Crippen LogP contribution in [0.5, 0.6) is 0 Å². The van der Waals surface area contributed by atoms with Gasteiger partial charge in [-0.3, -0.25) is 0 Å². The Hall–Kier alpha value is -0.430. The number of sulfonamides is 1. The van der Waals surface area contributed by atoms with Crippen molar-refractivity contribution >= 4 is 21.4 Å². The van der Waals surface area contributed by atoms with Gasteiger partial charge >= 0.3 is 0 Å². The molecule has 0 radical (unpaired) electrons. The Morgan fingerprint density at radius 1 is 1.53 bits per heavy atom. The van der Waals surface area contributed by atoms with Crippen molar-refractivity contribution in [3.05, 3.63) is 16.3 Å². The van der Waals surface area contributed by atoms with Crippen molar-refractivity contribution in [2.45, 2.75) is 36.8 Å². The molecule has 4 nitrogen and oxygen atoms in total. The maximum atomic E-state index is 11.8. The highest BCUT2D eigenvalue weighted by molar-refractivity contribution is 7.89. The van der Waals surface area contributed by atoms with Crippen LogP contribution >= 0.6 is 11.3 Å². The van der Waals surface area contributed by atoms with Crippen LogP contribution in [0.3, 0.4) is 0 Å². The van der Waals surface area contributed by atoms with Gasteiger partial charge in [-0.05, 0) is 18.9 Å². The third-order valence-corrected chi connectivity index (χ3v) is 5.09. The summed E-state index contributed by atoms with van der Waals surface area (Å²) < 4.78 is 26.2. The Labute approximate surface area is 93.0 Å². The lowest BCUT2D eigenvalue weighted by atomic mass is 9.94. The molecule has 15 heavy (non-hydrogen) atoms. The average molecular weight is 247 g/mol. The quantitative estimate of drug-likeness (QED) is 0.836. The second-order valence-electron chi connectivity index (χ2n) is 3.66. The van der Waals surface area contributed by atoms with Gasteiger partial charge < -0.3 is 5.11 Å². The molecule has 2 N–H and O–H groups in total. The number of aliphatic hydroxyl groups is 1. The van der Waals surface area contributed by atoms with Gasteiger partial charge in [0, 0.05) is 16.3 Å². The molecule has 1 aliphatic carbocycles. The Morgan fingerprint density at radius 3 is 2.73 bits per heavy atom. The van der Waals surface area contributed by atoms with Crippen molar-refractivity contribution in [1.82, 2.24) is 4.72 Å². The summed E-state index contributed by atoms with van der Waals surface area (Å²) in [5.74, 6) is 0. The standard InChI is InChI=1S/C9H13NO3S2/c11-5-8-4-9(6-14-8)15(12,13)10-7-2-1-3-7/h4,6-7,10-11H,1-3,5H2. The maximum absolute atomic E-state index is 11.8. The van der Waals surface area contributed by atoms with Crippen molar-refractivity contribution < 1.29 is 13.5 Å². The average Bonchev–Trinajstić information content (AvgIpc) is 2.60. The van der Waals surface area contributed by atoms with E-state index in [4.69, 9.17) is 5.11 Å². The molecule has 1 aromatic rings. The van der Waals surface area contributed by atoms with Crippen LogP contribution in [0.15, 0.2) is 16.3 Å². The molecular weight excluding hydrogens is 234 g/mol. The molecule has 0 spiro atoms. The molecule has 0 saturated heterocycles. The Morgan fingerprint density at radius 2 is 2.27 bits per heavy atom. The SMILES string of the molecule is O=S(=O)(NC1CCC1)c1csc(CO)c1. The van der Waals surface area contributed by atoms with Crippen molar-refractivity contribution in [3.8, 4) is 0 Å². The zero-order valence-electron chi connectivity index (χ0n) is 8.14. The minimum Gasteiger partial charge on any atom is -0.391 e. The van der Waals surface area contributed by atoms with Crippen LogP contribution in [0.1, 0.15) is 24.1 Å². The third-order valence-electron chi connectivity index (χ3n) is 2.52. The van der Waals surface area contributed by atoms with Gasteiger partial charge in [-0.2, -0.15) is 0 Å². The molecule has 1 fully saturated rings. The van der Waals surface area contributed by atoms with Gasteiger partial charge in [0.15, 0.2) is 0 Å². The second kappa shape index (κ2) is 4.21. The normalized spacial score (nSPS) is 17.7. The second-order valence-corrected chi connectivity index (χ2v) is 6.37. The Kier molecular flexibility index (Phi) is 3.11. The van der Waals surface area contributed by atoms with E-state index >= 15 is 0 Å². The molecule has 1 heterocycles. The molecule has 2 rings (SSSR count). The van der Waals surface area contributed by atoms with Crippen molar-refractivity contribution in [1.29, 1.82) is 0 Å². The first-order valence-corrected chi connectivity index (χ1v) is 7.19. The minimum atomic E-state index is -3.36. The lowest BCUT2D eigenvalue weighted by Gasteiger charge is -2.25. The number of hydrogen-bond donors (Lipinski definition) is 2. The third kappa shape index (κ3) is 2.39. The van der Waals surface area contributed by atoms with Crippen molar-refractivity contribution in [2.75, 3.05) is 0 Å². The first-order valence-electron chi connectivity index (χ1n) is 4.82. The molecule has 0 atom stereocenters. The summed E-state index contributed by atoms with van der Waals surface area (Å²) in [4.78, 5) is 0.937. The zero-order valence-corrected chi connectivity index (χ0v) is 9.77. The van der Waals surface area contributed by atoms with Gasteiger partial charge in [0.2, 0.25) is 10.0 Å². The summed E-state index contributed by atoms with van der Waals surface area (Å²) in [6.45, 7) is -0.108. The topological polar surface area (TPSA) is 66.4 Å². The Bertz CT molecular complexity index is 434. The predicted molar refractivity (Wildman–Crippen MR) is 58.2 cm³/mol. The summed E-state index contributed by atoms with van der Waals surface area (Å²) >= 11 is 1.26. The molecular formula is C9H13NO3S2. The van der Waals surface area contributed by atoms with Crippen LogP contribution in [0.4, 0.5) is 0 Å². The molecule has 0 unspecified atom stereocenters. The van der Waals surface area contributed by atoms with E-state index in [9.17, 15) is 8.42 Å². The molecule has 0 aromatic carbocycles. The summed E-state index contributed by atoms with van der Waals surface area (Å²) in [7, 11) is -3.36. The summed E-state index contributed by atoms with van der Waals surface area (Å²) in [6.07, 6.45) is 2.95. The summed E-state index contributed by atoms with van der Waals surface area (Å²) in [6, 6.07) is 1.62. The van der Waals surface area contributed by atoms with Crippen molar-refractivity contribution in [3.63, 3.8) is 0 Å².